The van der Waals surface area contributed by atoms with Crippen LogP contribution >= 0.6 is 11.6 Å². The van der Waals surface area contributed by atoms with Gasteiger partial charge in [0.25, 0.3) is 0 Å². The first kappa shape index (κ1) is 12.0. The Morgan fingerprint density at radius 2 is 2.33 bits per heavy atom. The molecule has 3 nitrogen and oxygen atoms in total. The highest BCUT2D eigenvalue weighted by Crippen LogP contribution is 2.21. The number of methoxy groups -OCH3 is 1. The van der Waals surface area contributed by atoms with Gasteiger partial charge in [0.15, 0.2) is 0 Å². The van der Waals surface area contributed by atoms with Crippen LogP contribution in [0, 0.1) is 0 Å². The Kier molecular flexibility index (Phi) is 4.59. The summed E-state index contributed by atoms with van der Waals surface area (Å²) in [6, 6.07) is 6.95. The molecule has 0 aromatic heterocycles. The summed E-state index contributed by atoms with van der Waals surface area (Å²) in [6.07, 6.45) is -0.139. The van der Waals surface area contributed by atoms with Gasteiger partial charge in [-0.25, -0.2) is 0 Å². The number of hydrogen-bond donors (Lipinski definition) is 1. The second-order valence-corrected chi connectivity index (χ2v) is 3.62. The van der Waals surface area contributed by atoms with Gasteiger partial charge in [0.05, 0.1) is 13.2 Å². The molecule has 1 unspecified atom stereocenters. The zero-order valence-electron chi connectivity index (χ0n) is 8.44. The number of carbonyl (C=O) groups excluding carboxylic acids is 1. The van der Waals surface area contributed by atoms with Crippen molar-refractivity contribution in [2.45, 2.75) is 18.9 Å². The number of aliphatic hydroxyl groups excluding tert-OH is 1. The van der Waals surface area contributed by atoms with Crippen LogP contribution < -0.4 is 0 Å². The van der Waals surface area contributed by atoms with Crippen molar-refractivity contribution in [3.63, 3.8) is 0 Å². The van der Waals surface area contributed by atoms with Crippen molar-refractivity contribution in [3.8, 4) is 0 Å². The number of hydrogen-bond acceptors (Lipinski definition) is 3. The molecule has 0 aliphatic carbocycles. The van der Waals surface area contributed by atoms with Gasteiger partial charge in [0.1, 0.15) is 0 Å². The van der Waals surface area contributed by atoms with Gasteiger partial charge < -0.3 is 9.84 Å². The molecule has 1 N–H and O–H groups in total. The first-order chi connectivity index (χ1) is 7.13. The monoisotopic (exact) mass is 228 g/mol. The molecule has 0 spiro atoms. The van der Waals surface area contributed by atoms with Crippen LogP contribution in [0.5, 0.6) is 0 Å². The molecule has 15 heavy (non-hydrogen) atoms. The average Bonchev–Trinajstić information content (AvgIpc) is 2.25. The van der Waals surface area contributed by atoms with Gasteiger partial charge in [0.2, 0.25) is 0 Å². The largest absolute Gasteiger partial charge is 0.469 e. The number of rotatable bonds is 4. The molecule has 0 saturated heterocycles. The predicted octanol–water partition coefficient (Wildman–Crippen LogP) is 2.33. The van der Waals surface area contributed by atoms with Gasteiger partial charge in [-0.15, -0.1) is 0 Å². The van der Waals surface area contributed by atoms with E-state index in [0.29, 0.717) is 17.0 Å². The van der Waals surface area contributed by atoms with Crippen LogP contribution in [0.4, 0.5) is 0 Å². The zero-order valence-corrected chi connectivity index (χ0v) is 9.20. The van der Waals surface area contributed by atoms with E-state index in [1.165, 1.54) is 7.11 Å². The Hall–Kier alpha value is -1.06. The molecule has 1 aromatic rings. The van der Waals surface area contributed by atoms with Crippen LogP contribution in [0.1, 0.15) is 24.5 Å². The molecule has 0 aliphatic heterocycles. The summed E-state index contributed by atoms with van der Waals surface area (Å²) in [5.41, 5.74) is 0.714. The Morgan fingerprint density at radius 1 is 1.60 bits per heavy atom. The van der Waals surface area contributed by atoms with Gasteiger partial charge >= 0.3 is 5.97 Å². The Labute approximate surface area is 93.6 Å². The maximum Gasteiger partial charge on any atom is 0.305 e. The van der Waals surface area contributed by atoms with Crippen molar-refractivity contribution >= 4 is 17.6 Å². The van der Waals surface area contributed by atoms with Gasteiger partial charge in [-0.3, -0.25) is 4.79 Å². The van der Waals surface area contributed by atoms with E-state index in [2.05, 4.69) is 4.74 Å². The minimum absolute atomic E-state index is 0.199. The highest BCUT2D eigenvalue weighted by atomic mass is 35.5. The maximum atomic E-state index is 10.9. The second-order valence-electron chi connectivity index (χ2n) is 3.19. The third-order valence-corrected chi connectivity index (χ3v) is 2.32. The van der Waals surface area contributed by atoms with Crippen LogP contribution in [-0.4, -0.2) is 18.2 Å². The summed E-state index contributed by atoms with van der Waals surface area (Å²) in [5.74, 6) is -0.323. The van der Waals surface area contributed by atoms with Gasteiger partial charge in [-0.2, -0.15) is 0 Å². The van der Waals surface area contributed by atoms with Crippen LogP contribution in [0.2, 0.25) is 5.02 Å². The van der Waals surface area contributed by atoms with E-state index in [4.69, 9.17) is 11.6 Å². The predicted molar refractivity (Wildman–Crippen MR) is 57.7 cm³/mol. The molecule has 0 saturated carbocycles. The Bertz CT molecular complexity index is 338. The lowest BCUT2D eigenvalue weighted by Crippen LogP contribution is -2.04. The van der Waals surface area contributed by atoms with E-state index >= 15 is 0 Å². The summed E-state index contributed by atoms with van der Waals surface area (Å²) in [6.45, 7) is 0. The second kappa shape index (κ2) is 5.73. The standard InChI is InChI=1S/C11H13ClO3/c1-15-11(14)6-5-10(13)8-3-2-4-9(12)7-8/h2-4,7,10,13H,5-6H2,1H3. The SMILES string of the molecule is COC(=O)CCC(O)c1cccc(Cl)c1. The van der Waals surface area contributed by atoms with E-state index in [0.717, 1.165) is 0 Å². The topological polar surface area (TPSA) is 46.5 Å². The lowest BCUT2D eigenvalue weighted by atomic mass is 10.1. The minimum atomic E-state index is -0.678. The van der Waals surface area contributed by atoms with Gasteiger partial charge in [-0.1, -0.05) is 23.7 Å². The van der Waals surface area contributed by atoms with Crippen molar-refractivity contribution < 1.29 is 14.6 Å². The van der Waals surface area contributed by atoms with Crippen LogP contribution in [0.25, 0.3) is 0 Å². The van der Waals surface area contributed by atoms with Gasteiger partial charge in [0, 0.05) is 11.4 Å². The molecule has 0 amide bonds. The number of benzene rings is 1. The number of ether oxygens (including phenoxy) is 1. The quantitative estimate of drug-likeness (QED) is 0.805. The van der Waals surface area contributed by atoms with Crippen molar-refractivity contribution in [1.82, 2.24) is 0 Å². The van der Waals surface area contributed by atoms with E-state index in [-0.39, 0.29) is 12.4 Å². The van der Waals surface area contributed by atoms with Crippen LogP contribution in [0.15, 0.2) is 24.3 Å². The average molecular weight is 229 g/mol. The van der Waals surface area contributed by atoms with Crippen molar-refractivity contribution in [2.24, 2.45) is 0 Å². The van der Waals surface area contributed by atoms with Crippen LogP contribution in [-0.2, 0) is 9.53 Å². The Balaban J connectivity index is 2.53. The Morgan fingerprint density at radius 3 is 2.93 bits per heavy atom. The van der Waals surface area contributed by atoms with E-state index in [1.54, 1.807) is 24.3 Å². The normalized spacial score (nSPS) is 12.2. The summed E-state index contributed by atoms with van der Waals surface area (Å²) < 4.78 is 4.48. The molecule has 4 heteroatoms. The van der Waals surface area contributed by atoms with E-state index in [1.807, 2.05) is 0 Å². The number of carbonyl (C=O) groups is 1. The first-order valence-electron chi connectivity index (χ1n) is 4.64. The molecule has 1 atom stereocenters. The fourth-order valence-electron chi connectivity index (χ4n) is 1.24. The molecule has 0 bridgehead atoms. The lowest BCUT2D eigenvalue weighted by Gasteiger charge is -2.10. The van der Waals surface area contributed by atoms with E-state index < -0.39 is 6.10 Å². The fraction of sp³-hybridized carbons (Fsp3) is 0.364. The number of halogens is 1. The summed E-state index contributed by atoms with van der Waals surface area (Å²) in [5, 5.41) is 10.3. The molecular formula is C11H13ClO3. The number of esters is 1. The smallest absolute Gasteiger partial charge is 0.305 e. The molecule has 0 fully saturated rings. The molecular weight excluding hydrogens is 216 g/mol. The molecule has 0 heterocycles. The summed E-state index contributed by atoms with van der Waals surface area (Å²) in [4.78, 5) is 10.9. The van der Waals surface area contributed by atoms with Crippen molar-refractivity contribution in [1.29, 1.82) is 0 Å². The highest BCUT2D eigenvalue weighted by Gasteiger charge is 2.10. The maximum absolute atomic E-state index is 10.9. The van der Waals surface area contributed by atoms with Gasteiger partial charge in [-0.05, 0) is 24.1 Å². The van der Waals surface area contributed by atoms with Crippen LogP contribution in [0.3, 0.4) is 0 Å². The molecule has 1 aromatic carbocycles. The van der Waals surface area contributed by atoms with E-state index in [9.17, 15) is 9.90 Å². The van der Waals surface area contributed by atoms with Crippen molar-refractivity contribution in [2.75, 3.05) is 7.11 Å². The molecule has 82 valence electrons. The van der Waals surface area contributed by atoms with Crippen molar-refractivity contribution in [3.05, 3.63) is 34.9 Å². The summed E-state index contributed by atoms with van der Waals surface area (Å²) in [7, 11) is 1.33. The first-order valence-corrected chi connectivity index (χ1v) is 5.01. The third kappa shape index (κ3) is 3.90. The minimum Gasteiger partial charge on any atom is -0.469 e. The fourth-order valence-corrected chi connectivity index (χ4v) is 1.44. The number of aliphatic hydroxyl groups is 1. The molecule has 0 radical (unpaired) electrons. The third-order valence-electron chi connectivity index (χ3n) is 2.08. The summed E-state index contributed by atoms with van der Waals surface area (Å²) >= 11 is 5.78. The highest BCUT2D eigenvalue weighted by molar-refractivity contribution is 6.30. The molecule has 0 aliphatic rings. The lowest BCUT2D eigenvalue weighted by molar-refractivity contribution is -0.141. The molecule has 1 rings (SSSR count). The zero-order chi connectivity index (χ0) is 11.3.